The van der Waals surface area contributed by atoms with E-state index in [0.29, 0.717) is 12.7 Å². The third kappa shape index (κ3) is 1.96. The Hall–Kier alpha value is -0.870. The van der Waals surface area contributed by atoms with Crippen LogP contribution in [0.2, 0.25) is 0 Å². The molecule has 1 aliphatic rings. The molecular formula is C10H17N3O. The first-order valence-electron chi connectivity index (χ1n) is 5.13. The second-order valence-corrected chi connectivity index (χ2v) is 3.70. The molecule has 0 unspecified atom stereocenters. The van der Waals surface area contributed by atoms with Crippen molar-refractivity contribution in [1.82, 2.24) is 15.1 Å². The molecule has 0 saturated carbocycles. The van der Waals surface area contributed by atoms with Gasteiger partial charge in [0.05, 0.1) is 24.1 Å². The molecule has 0 radical (unpaired) electrons. The highest BCUT2D eigenvalue weighted by atomic mass is 16.5. The number of nitrogens with one attached hydrogen (secondary N) is 1. The molecule has 14 heavy (non-hydrogen) atoms. The van der Waals surface area contributed by atoms with E-state index in [-0.39, 0.29) is 0 Å². The van der Waals surface area contributed by atoms with E-state index in [2.05, 4.69) is 23.4 Å². The zero-order chi connectivity index (χ0) is 9.97. The highest BCUT2D eigenvalue weighted by Crippen LogP contribution is 2.08. The van der Waals surface area contributed by atoms with Crippen molar-refractivity contribution in [2.24, 2.45) is 7.05 Å². The molecule has 0 bridgehead atoms. The van der Waals surface area contributed by atoms with Crippen LogP contribution in [0.4, 0.5) is 0 Å². The summed E-state index contributed by atoms with van der Waals surface area (Å²) >= 11 is 0. The van der Waals surface area contributed by atoms with Gasteiger partial charge in [0.25, 0.3) is 0 Å². The molecule has 1 N–H and O–H groups in total. The smallest absolute Gasteiger partial charge is 0.0889 e. The number of aromatic nitrogens is 2. The molecule has 2 rings (SSSR count). The van der Waals surface area contributed by atoms with Crippen LogP contribution in [0, 0.1) is 0 Å². The highest BCUT2D eigenvalue weighted by Gasteiger charge is 2.17. The molecule has 0 spiro atoms. The fourth-order valence-corrected chi connectivity index (χ4v) is 1.46. The van der Waals surface area contributed by atoms with Crippen LogP contribution in [0.5, 0.6) is 0 Å². The molecule has 4 heteroatoms. The fraction of sp³-hybridized carbons (Fsp3) is 0.700. The van der Waals surface area contributed by atoms with E-state index >= 15 is 0 Å². The van der Waals surface area contributed by atoms with Gasteiger partial charge in [0.15, 0.2) is 0 Å². The van der Waals surface area contributed by atoms with E-state index < -0.39 is 0 Å². The Balaban J connectivity index is 1.90. The summed E-state index contributed by atoms with van der Waals surface area (Å²) in [5.74, 6) is 0. The van der Waals surface area contributed by atoms with Crippen LogP contribution < -0.4 is 5.32 Å². The summed E-state index contributed by atoms with van der Waals surface area (Å²) in [6.45, 7) is 4.76. The summed E-state index contributed by atoms with van der Waals surface area (Å²) in [7, 11) is 1.97. The first-order valence-corrected chi connectivity index (χ1v) is 5.13. The van der Waals surface area contributed by atoms with Gasteiger partial charge in [-0.3, -0.25) is 4.68 Å². The average molecular weight is 195 g/mol. The minimum absolute atomic E-state index is 0.398. The lowest BCUT2D eigenvalue weighted by molar-refractivity contribution is 0.00476. The van der Waals surface area contributed by atoms with Crippen LogP contribution in [0.25, 0.3) is 0 Å². The van der Waals surface area contributed by atoms with E-state index in [1.54, 1.807) is 0 Å². The number of hydrogen-bond acceptors (Lipinski definition) is 3. The Labute approximate surface area is 84.3 Å². The third-order valence-electron chi connectivity index (χ3n) is 2.60. The molecular weight excluding hydrogens is 178 g/mol. The largest absolute Gasteiger partial charge is 0.369 e. The second kappa shape index (κ2) is 4.11. The maximum atomic E-state index is 5.68. The van der Waals surface area contributed by atoms with E-state index in [1.807, 2.05) is 11.7 Å². The first kappa shape index (κ1) is 9.68. The number of rotatable bonds is 4. The summed E-state index contributed by atoms with van der Waals surface area (Å²) in [6, 6.07) is 2.12. The number of nitrogens with zero attached hydrogens (tertiary/aromatic N) is 2. The van der Waals surface area contributed by atoms with Crippen LogP contribution in [0.15, 0.2) is 6.07 Å². The van der Waals surface area contributed by atoms with Gasteiger partial charge in [0.1, 0.15) is 0 Å². The monoisotopic (exact) mass is 195 g/mol. The van der Waals surface area contributed by atoms with Crippen LogP contribution in [0.3, 0.4) is 0 Å². The van der Waals surface area contributed by atoms with Gasteiger partial charge in [0, 0.05) is 20.1 Å². The molecule has 0 aromatic carbocycles. The van der Waals surface area contributed by atoms with Crippen molar-refractivity contribution < 1.29 is 4.74 Å². The van der Waals surface area contributed by atoms with Gasteiger partial charge in [-0.1, -0.05) is 6.92 Å². The number of aryl methyl sites for hydroxylation is 2. The molecule has 0 atom stereocenters. The molecule has 1 aromatic rings. The SMILES string of the molecule is CCc1cc(COC2CNC2)n(C)n1. The van der Waals surface area contributed by atoms with Crippen molar-refractivity contribution in [2.45, 2.75) is 26.1 Å². The molecule has 0 amide bonds. The summed E-state index contributed by atoms with van der Waals surface area (Å²) in [5, 5.41) is 7.55. The lowest BCUT2D eigenvalue weighted by Gasteiger charge is -2.26. The van der Waals surface area contributed by atoms with Gasteiger partial charge < -0.3 is 10.1 Å². The van der Waals surface area contributed by atoms with Crippen molar-refractivity contribution in [3.8, 4) is 0 Å². The zero-order valence-corrected chi connectivity index (χ0v) is 8.79. The Bertz CT molecular complexity index is 304. The summed E-state index contributed by atoms with van der Waals surface area (Å²) < 4.78 is 7.59. The van der Waals surface area contributed by atoms with Gasteiger partial charge in [-0.2, -0.15) is 5.10 Å². The van der Waals surface area contributed by atoms with Crippen molar-refractivity contribution in [3.05, 3.63) is 17.5 Å². The third-order valence-corrected chi connectivity index (χ3v) is 2.60. The van der Waals surface area contributed by atoms with Gasteiger partial charge in [0.2, 0.25) is 0 Å². The molecule has 2 heterocycles. The molecule has 1 aliphatic heterocycles. The standard InChI is InChI=1S/C10H17N3O/c1-3-8-4-9(13(2)12-8)7-14-10-5-11-6-10/h4,10-11H,3,5-7H2,1-2H3. The Morgan fingerprint density at radius 3 is 2.93 bits per heavy atom. The first-order chi connectivity index (χ1) is 6.79. The Morgan fingerprint density at radius 2 is 2.43 bits per heavy atom. The maximum absolute atomic E-state index is 5.68. The predicted octanol–water partition coefficient (Wildman–Crippen LogP) is 0.471. The van der Waals surface area contributed by atoms with E-state index in [4.69, 9.17) is 4.74 Å². The molecule has 0 aliphatic carbocycles. The summed E-state index contributed by atoms with van der Waals surface area (Å²) in [5.41, 5.74) is 2.30. The fourth-order valence-electron chi connectivity index (χ4n) is 1.46. The van der Waals surface area contributed by atoms with Crippen molar-refractivity contribution >= 4 is 0 Å². The van der Waals surface area contributed by atoms with E-state index in [1.165, 1.54) is 0 Å². The van der Waals surface area contributed by atoms with Crippen molar-refractivity contribution in [3.63, 3.8) is 0 Å². The molecule has 1 saturated heterocycles. The van der Waals surface area contributed by atoms with Crippen LogP contribution in [-0.4, -0.2) is 29.0 Å². The summed E-state index contributed by atoms with van der Waals surface area (Å²) in [4.78, 5) is 0. The second-order valence-electron chi connectivity index (χ2n) is 3.70. The summed E-state index contributed by atoms with van der Waals surface area (Å²) in [6.07, 6.45) is 1.38. The van der Waals surface area contributed by atoms with Crippen LogP contribution in [-0.2, 0) is 24.8 Å². The minimum Gasteiger partial charge on any atom is -0.369 e. The average Bonchev–Trinajstić information content (AvgIpc) is 2.45. The molecule has 78 valence electrons. The maximum Gasteiger partial charge on any atom is 0.0889 e. The van der Waals surface area contributed by atoms with Crippen LogP contribution in [0.1, 0.15) is 18.3 Å². The quantitative estimate of drug-likeness (QED) is 0.759. The van der Waals surface area contributed by atoms with Gasteiger partial charge >= 0.3 is 0 Å². The highest BCUT2D eigenvalue weighted by molar-refractivity contribution is 5.09. The van der Waals surface area contributed by atoms with Gasteiger partial charge in [-0.15, -0.1) is 0 Å². The molecule has 4 nitrogen and oxygen atoms in total. The minimum atomic E-state index is 0.398. The van der Waals surface area contributed by atoms with E-state index in [9.17, 15) is 0 Å². The lowest BCUT2D eigenvalue weighted by atomic mass is 10.2. The van der Waals surface area contributed by atoms with E-state index in [0.717, 1.165) is 30.9 Å². The topological polar surface area (TPSA) is 39.1 Å². The molecule has 1 fully saturated rings. The number of hydrogen-bond donors (Lipinski definition) is 1. The predicted molar refractivity (Wildman–Crippen MR) is 54.0 cm³/mol. The number of ether oxygens (including phenoxy) is 1. The van der Waals surface area contributed by atoms with Crippen LogP contribution >= 0.6 is 0 Å². The van der Waals surface area contributed by atoms with Gasteiger partial charge in [-0.05, 0) is 12.5 Å². The Kier molecular flexibility index (Phi) is 2.84. The normalized spacial score (nSPS) is 17.0. The van der Waals surface area contributed by atoms with Crippen molar-refractivity contribution in [1.29, 1.82) is 0 Å². The lowest BCUT2D eigenvalue weighted by Crippen LogP contribution is -2.48. The van der Waals surface area contributed by atoms with Gasteiger partial charge in [-0.25, -0.2) is 0 Å². The zero-order valence-electron chi connectivity index (χ0n) is 8.79. The Morgan fingerprint density at radius 1 is 1.64 bits per heavy atom. The molecule has 1 aromatic heterocycles. The van der Waals surface area contributed by atoms with Crippen molar-refractivity contribution in [2.75, 3.05) is 13.1 Å².